The van der Waals surface area contributed by atoms with Crippen LogP contribution in [0.25, 0.3) is 0 Å². The summed E-state index contributed by atoms with van der Waals surface area (Å²) >= 11 is 3.29. The summed E-state index contributed by atoms with van der Waals surface area (Å²) in [5, 5.41) is 2.75. The topological polar surface area (TPSA) is 49.4 Å². The number of rotatable bonds is 3. The van der Waals surface area contributed by atoms with Gasteiger partial charge < -0.3 is 10.2 Å². The smallest absolute Gasteiger partial charge is 0.249 e. The Balaban J connectivity index is 2.34. The van der Waals surface area contributed by atoms with Crippen LogP contribution in [-0.4, -0.2) is 28.3 Å². The second-order valence-electron chi connectivity index (χ2n) is 5.52. The van der Waals surface area contributed by atoms with Crippen molar-refractivity contribution in [2.45, 2.75) is 45.3 Å². The molecule has 1 aromatic rings. The van der Waals surface area contributed by atoms with E-state index in [1.54, 1.807) is 26.0 Å². The maximum absolute atomic E-state index is 13.9. The summed E-state index contributed by atoms with van der Waals surface area (Å²) in [6, 6.07) is 3.96. The van der Waals surface area contributed by atoms with E-state index in [1.807, 2.05) is 6.92 Å². The molecule has 1 heterocycles. The molecule has 6 heteroatoms. The van der Waals surface area contributed by atoms with Crippen LogP contribution in [0.1, 0.15) is 32.8 Å². The van der Waals surface area contributed by atoms with Gasteiger partial charge in [0.25, 0.3) is 0 Å². The summed E-state index contributed by atoms with van der Waals surface area (Å²) < 4.78 is 14.6. The monoisotopic (exact) mass is 356 g/mol. The van der Waals surface area contributed by atoms with E-state index in [0.717, 1.165) is 4.47 Å². The molecule has 1 aromatic carbocycles. The minimum absolute atomic E-state index is 0.0777. The Bertz CT molecular complexity index is 593. The van der Waals surface area contributed by atoms with E-state index >= 15 is 0 Å². The van der Waals surface area contributed by atoms with Crippen molar-refractivity contribution in [1.82, 2.24) is 10.2 Å². The van der Waals surface area contributed by atoms with Crippen LogP contribution in [0, 0.1) is 5.82 Å². The van der Waals surface area contributed by atoms with E-state index < -0.39 is 11.6 Å². The standard InChI is InChI=1S/C15H18BrFN2O2/c1-4-15(3)14(21)19(9(2)13(20)18-15)8-10-7-11(16)5-6-12(10)17/h5-7,9H,4,8H2,1-3H3,(H,18,20). The third-order valence-corrected chi connectivity index (χ3v) is 4.53. The Labute approximate surface area is 131 Å². The first kappa shape index (κ1) is 15.9. The van der Waals surface area contributed by atoms with Gasteiger partial charge in [-0.05, 0) is 38.5 Å². The van der Waals surface area contributed by atoms with Crippen LogP contribution < -0.4 is 5.32 Å². The molecule has 0 saturated carbocycles. The molecule has 0 spiro atoms. The molecule has 1 N–H and O–H groups in total. The van der Waals surface area contributed by atoms with Crippen LogP contribution >= 0.6 is 15.9 Å². The van der Waals surface area contributed by atoms with Crippen LogP contribution in [0.15, 0.2) is 22.7 Å². The lowest BCUT2D eigenvalue weighted by Gasteiger charge is -2.43. The molecule has 4 nitrogen and oxygen atoms in total. The van der Waals surface area contributed by atoms with Crippen LogP contribution in [0.3, 0.4) is 0 Å². The number of carbonyl (C=O) groups is 2. The summed E-state index contributed by atoms with van der Waals surface area (Å²) in [4.78, 5) is 26.1. The van der Waals surface area contributed by atoms with Crippen molar-refractivity contribution in [3.63, 3.8) is 0 Å². The highest BCUT2D eigenvalue weighted by atomic mass is 79.9. The fourth-order valence-corrected chi connectivity index (χ4v) is 2.77. The van der Waals surface area contributed by atoms with Gasteiger partial charge in [0.05, 0.1) is 0 Å². The largest absolute Gasteiger partial charge is 0.340 e. The summed E-state index contributed by atoms with van der Waals surface area (Å²) in [6.45, 7) is 5.27. The molecule has 0 aliphatic carbocycles. The molecule has 2 amide bonds. The van der Waals surface area contributed by atoms with Gasteiger partial charge in [-0.2, -0.15) is 0 Å². The molecule has 1 aliphatic heterocycles. The Morgan fingerprint density at radius 3 is 2.71 bits per heavy atom. The summed E-state index contributed by atoms with van der Waals surface area (Å²) in [5.74, 6) is -0.784. The molecule has 0 aromatic heterocycles. The van der Waals surface area contributed by atoms with Crippen LogP contribution in [0.4, 0.5) is 4.39 Å². The normalized spacial score (nSPS) is 26.0. The fourth-order valence-electron chi connectivity index (χ4n) is 2.36. The predicted molar refractivity (Wildman–Crippen MR) is 81.0 cm³/mol. The Morgan fingerprint density at radius 2 is 2.10 bits per heavy atom. The van der Waals surface area contributed by atoms with Crippen LogP contribution in [0.2, 0.25) is 0 Å². The van der Waals surface area contributed by atoms with Gasteiger partial charge in [0.15, 0.2) is 0 Å². The van der Waals surface area contributed by atoms with Gasteiger partial charge in [-0.25, -0.2) is 4.39 Å². The summed E-state index contributed by atoms with van der Waals surface area (Å²) in [7, 11) is 0. The summed E-state index contributed by atoms with van der Waals surface area (Å²) in [6.07, 6.45) is 0.488. The first-order chi connectivity index (χ1) is 9.78. The molecule has 1 aliphatic rings. The van der Waals surface area contributed by atoms with Gasteiger partial charge in [0, 0.05) is 16.6 Å². The first-order valence-corrected chi connectivity index (χ1v) is 7.65. The highest BCUT2D eigenvalue weighted by molar-refractivity contribution is 9.10. The number of benzene rings is 1. The lowest BCUT2D eigenvalue weighted by molar-refractivity contribution is -0.154. The average Bonchev–Trinajstić information content (AvgIpc) is 2.45. The molecule has 1 saturated heterocycles. The number of nitrogens with one attached hydrogen (secondary N) is 1. The van der Waals surface area contributed by atoms with Gasteiger partial charge in [-0.3, -0.25) is 9.59 Å². The molecular weight excluding hydrogens is 339 g/mol. The molecule has 0 bridgehead atoms. The molecule has 2 rings (SSSR count). The van der Waals surface area contributed by atoms with E-state index in [9.17, 15) is 14.0 Å². The van der Waals surface area contributed by atoms with Crippen molar-refractivity contribution in [2.24, 2.45) is 0 Å². The maximum Gasteiger partial charge on any atom is 0.249 e. The van der Waals surface area contributed by atoms with Crippen molar-refractivity contribution >= 4 is 27.7 Å². The van der Waals surface area contributed by atoms with Gasteiger partial charge in [-0.15, -0.1) is 0 Å². The van der Waals surface area contributed by atoms with Gasteiger partial charge in [0.1, 0.15) is 17.4 Å². The number of halogens is 2. The number of piperazine rings is 1. The molecule has 2 unspecified atom stereocenters. The van der Waals surface area contributed by atoms with E-state index in [1.165, 1.54) is 11.0 Å². The molecule has 2 atom stereocenters. The van der Waals surface area contributed by atoms with Crippen LogP contribution in [-0.2, 0) is 16.1 Å². The number of amides is 2. The van der Waals surface area contributed by atoms with Crippen LogP contribution in [0.5, 0.6) is 0 Å². The number of hydrogen-bond acceptors (Lipinski definition) is 2. The summed E-state index contributed by atoms with van der Waals surface area (Å²) in [5.41, 5.74) is -0.538. The third-order valence-electron chi connectivity index (χ3n) is 4.03. The second-order valence-corrected chi connectivity index (χ2v) is 6.44. The molecule has 114 valence electrons. The highest BCUT2D eigenvalue weighted by Crippen LogP contribution is 2.25. The lowest BCUT2D eigenvalue weighted by atomic mass is 9.92. The van der Waals surface area contributed by atoms with E-state index in [-0.39, 0.29) is 24.2 Å². The minimum Gasteiger partial charge on any atom is -0.340 e. The number of nitrogens with zero attached hydrogens (tertiary/aromatic N) is 1. The van der Waals surface area contributed by atoms with Crippen molar-refractivity contribution < 1.29 is 14.0 Å². The Kier molecular flexibility index (Phi) is 4.37. The van der Waals surface area contributed by atoms with Gasteiger partial charge in [-0.1, -0.05) is 22.9 Å². The van der Waals surface area contributed by atoms with Crippen molar-refractivity contribution in [2.75, 3.05) is 0 Å². The molecular formula is C15H18BrFN2O2. The zero-order chi connectivity index (χ0) is 15.8. The quantitative estimate of drug-likeness (QED) is 0.904. The predicted octanol–water partition coefficient (Wildman–Crippen LogP) is 2.60. The maximum atomic E-state index is 13.9. The third kappa shape index (κ3) is 2.95. The number of hydrogen-bond donors (Lipinski definition) is 1. The average molecular weight is 357 g/mol. The zero-order valence-electron chi connectivity index (χ0n) is 12.2. The van der Waals surface area contributed by atoms with Crippen molar-refractivity contribution in [3.05, 3.63) is 34.1 Å². The molecule has 1 fully saturated rings. The minimum atomic E-state index is -0.925. The van der Waals surface area contributed by atoms with Crippen molar-refractivity contribution in [1.29, 1.82) is 0 Å². The zero-order valence-corrected chi connectivity index (χ0v) is 13.8. The van der Waals surface area contributed by atoms with E-state index in [4.69, 9.17) is 0 Å². The Morgan fingerprint density at radius 1 is 1.43 bits per heavy atom. The van der Waals surface area contributed by atoms with E-state index in [2.05, 4.69) is 21.2 Å². The molecule has 21 heavy (non-hydrogen) atoms. The van der Waals surface area contributed by atoms with E-state index in [0.29, 0.717) is 12.0 Å². The SMILES string of the molecule is CCC1(C)NC(=O)C(C)N(Cc2cc(Br)ccc2F)C1=O. The molecule has 0 radical (unpaired) electrons. The second kappa shape index (κ2) is 5.75. The fraction of sp³-hybridized carbons (Fsp3) is 0.467. The van der Waals surface area contributed by atoms with Gasteiger partial charge in [0.2, 0.25) is 11.8 Å². The first-order valence-electron chi connectivity index (χ1n) is 6.85. The Hall–Kier alpha value is -1.43. The van der Waals surface area contributed by atoms with Gasteiger partial charge >= 0.3 is 0 Å². The number of carbonyl (C=O) groups excluding carboxylic acids is 2. The lowest BCUT2D eigenvalue weighted by Crippen LogP contribution is -2.68. The van der Waals surface area contributed by atoms with Crippen molar-refractivity contribution in [3.8, 4) is 0 Å². The highest BCUT2D eigenvalue weighted by Gasteiger charge is 2.45.